The van der Waals surface area contributed by atoms with E-state index in [1.807, 2.05) is 0 Å². The van der Waals surface area contributed by atoms with E-state index in [1.165, 1.54) is 18.2 Å². The molecule has 14 heteroatoms. The lowest BCUT2D eigenvalue weighted by Gasteiger charge is -2.11. The molecule has 1 rings (SSSR count). The van der Waals surface area contributed by atoms with Crippen molar-refractivity contribution in [2.24, 2.45) is 0 Å². The first-order chi connectivity index (χ1) is 11.9. The molecule has 0 saturated carbocycles. The van der Waals surface area contributed by atoms with E-state index < -0.39 is 36.0 Å². The Labute approximate surface area is 144 Å². The topological polar surface area (TPSA) is 94.8 Å². The van der Waals surface area contributed by atoms with Crippen LogP contribution in [0.2, 0.25) is 0 Å². The van der Waals surface area contributed by atoms with E-state index in [-0.39, 0.29) is 18.6 Å². The van der Waals surface area contributed by atoms with Crippen LogP contribution >= 0.6 is 0 Å². The Bertz CT molecular complexity index is 581. The van der Waals surface area contributed by atoms with Gasteiger partial charge in [-0.05, 0) is 18.1 Å². The Kier molecular flexibility index (Phi) is 10.5. The summed E-state index contributed by atoms with van der Waals surface area (Å²) in [5.41, 5.74) is -0.526. The average molecular weight is 418 g/mol. The summed E-state index contributed by atoms with van der Waals surface area (Å²) in [6.07, 6.45) is -14.5. The summed E-state index contributed by atoms with van der Waals surface area (Å²) >= 11 is 0. The molecule has 1 aromatic carbocycles. The quantitative estimate of drug-likeness (QED) is 0.640. The number of alkyl halides is 9. The Morgan fingerprint density at radius 2 is 1.11 bits per heavy atom. The summed E-state index contributed by atoms with van der Waals surface area (Å²) in [4.78, 5) is 17.8. The molecule has 0 aliphatic heterocycles. The minimum Gasteiger partial charge on any atom is -0.475 e. The number of rotatable bonds is 2. The zero-order valence-corrected chi connectivity index (χ0v) is 12.8. The van der Waals surface area contributed by atoms with Crippen molar-refractivity contribution in [2.45, 2.75) is 24.9 Å². The number of aliphatic hydroxyl groups excluding tert-OH is 1. The highest BCUT2D eigenvalue weighted by Gasteiger charge is 2.38. The predicted molar refractivity (Wildman–Crippen MR) is 69.6 cm³/mol. The summed E-state index contributed by atoms with van der Waals surface area (Å²) < 4.78 is 100. The molecule has 1 aromatic rings. The molecule has 0 bridgehead atoms. The number of benzene rings is 1. The van der Waals surface area contributed by atoms with E-state index in [9.17, 15) is 39.5 Å². The first-order valence-corrected chi connectivity index (χ1v) is 6.30. The van der Waals surface area contributed by atoms with Crippen LogP contribution in [0.15, 0.2) is 24.3 Å². The van der Waals surface area contributed by atoms with Crippen LogP contribution in [0.3, 0.4) is 0 Å². The van der Waals surface area contributed by atoms with Gasteiger partial charge in [0.25, 0.3) is 0 Å². The largest absolute Gasteiger partial charge is 0.490 e. The smallest absolute Gasteiger partial charge is 0.475 e. The second-order valence-corrected chi connectivity index (χ2v) is 4.23. The van der Waals surface area contributed by atoms with Crippen LogP contribution in [0, 0.1) is 0 Å². The van der Waals surface area contributed by atoms with Crippen molar-refractivity contribution in [1.29, 1.82) is 0 Å². The van der Waals surface area contributed by atoms with Gasteiger partial charge < -0.3 is 15.3 Å². The van der Waals surface area contributed by atoms with Gasteiger partial charge in [-0.15, -0.1) is 0 Å². The highest BCUT2D eigenvalue weighted by Crippen LogP contribution is 2.31. The molecular formula is C13H11F9O5. The molecule has 0 atom stereocenters. The lowest BCUT2D eigenvalue weighted by atomic mass is 10.0. The molecule has 156 valence electrons. The van der Waals surface area contributed by atoms with E-state index >= 15 is 0 Å². The number of aliphatic hydroxyl groups is 1. The standard InChI is InChI=1S/C9H9F3O.2C2HF3O2/c10-9(11,12)8-4-2-1-3-7(8)5-6-13;2*3-2(4,5)1(6)7/h1-4,13H,5-6H2;2*(H,6,7). The van der Waals surface area contributed by atoms with Gasteiger partial charge in [-0.25, -0.2) is 9.59 Å². The molecule has 0 amide bonds. The molecule has 0 fully saturated rings. The van der Waals surface area contributed by atoms with E-state index in [4.69, 9.17) is 24.9 Å². The van der Waals surface area contributed by atoms with Crippen LogP contribution in [-0.4, -0.2) is 46.2 Å². The number of carboxylic acid groups (broad SMARTS) is 2. The van der Waals surface area contributed by atoms with E-state index in [2.05, 4.69) is 0 Å². The van der Waals surface area contributed by atoms with Crippen molar-refractivity contribution >= 4 is 11.9 Å². The third-order valence-corrected chi connectivity index (χ3v) is 2.19. The summed E-state index contributed by atoms with van der Waals surface area (Å²) in [6.45, 7) is -0.271. The van der Waals surface area contributed by atoms with Crippen LogP contribution < -0.4 is 0 Å². The molecule has 0 radical (unpaired) electrons. The van der Waals surface area contributed by atoms with Crippen molar-refractivity contribution in [3.05, 3.63) is 35.4 Å². The van der Waals surface area contributed by atoms with E-state index in [0.717, 1.165) is 6.07 Å². The van der Waals surface area contributed by atoms with Crippen LogP contribution in [0.1, 0.15) is 11.1 Å². The maximum atomic E-state index is 12.3. The second kappa shape index (κ2) is 10.6. The van der Waals surface area contributed by atoms with Crippen molar-refractivity contribution in [3.8, 4) is 0 Å². The lowest BCUT2D eigenvalue weighted by Crippen LogP contribution is -2.21. The summed E-state index contributed by atoms with van der Waals surface area (Å²) in [7, 11) is 0. The first kappa shape index (κ1) is 26.7. The molecule has 0 spiro atoms. The third-order valence-electron chi connectivity index (χ3n) is 2.19. The Balaban J connectivity index is 0. The Morgan fingerprint density at radius 1 is 0.778 bits per heavy atom. The van der Waals surface area contributed by atoms with E-state index in [1.54, 1.807) is 0 Å². The lowest BCUT2D eigenvalue weighted by molar-refractivity contribution is -0.193. The predicted octanol–water partition coefficient (Wildman–Crippen LogP) is 3.51. The number of hydrogen-bond acceptors (Lipinski definition) is 3. The highest BCUT2D eigenvalue weighted by molar-refractivity contribution is 5.73. The third kappa shape index (κ3) is 12.5. The fourth-order valence-electron chi connectivity index (χ4n) is 1.14. The van der Waals surface area contributed by atoms with Crippen LogP contribution in [0.5, 0.6) is 0 Å². The van der Waals surface area contributed by atoms with Crippen molar-refractivity contribution in [2.75, 3.05) is 6.61 Å². The molecule has 0 aliphatic carbocycles. The van der Waals surface area contributed by atoms with E-state index in [0.29, 0.717) is 0 Å². The number of aliphatic carboxylic acids is 2. The summed E-state index contributed by atoms with van der Waals surface area (Å²) in [5, 5.41) is 22.8. The molecule has 27 heavy (non-hydrogen) atoms. The van der Waals surface area contributed by atoms with Crippen molar-refractivity contribution in [3.63, 3.8) is 0 Å². The second-order valence-electron chi connectivity index (χ2n) is 4.23. The zero-order chi connectivity index (χ0) is 22.1. The molecule has 0 heterocycles. The normalized spacial score (nSPS) is 11.5. The van der Waals surface area contributed by atoms with Gasteiger partial charge in [-0.2, -0.15) is 39.5 Å². The van der Waals surface area contributed by atoms with Gasteiger partial charge in [0.15, 0.2) is 0 Å². The van der Waals surface area contributed by atoms with Gasteiger partial charge in [-0.1, -0.05) is 18.2 Å². The highest BCUT2D eigenvalue weighted by atomic mass is 19.4. The summed E-state index contributed by atoms with van der Waals surface area (Å²) in [6, 6.07) is 5.26. The van der Waals surface area contributed by atoms with Gasteiger partial charge in [0, 0.05) is 6.61 Å². The number of carboxylic acids is 2. The SMILES string of the molecule is O=C(O)C(F)(F)F.O=C(O)C(F)(F)F.OCCc1ccccc1C(F)(F)F. The molecule has 5 nitrogen and oxygen atoms in total. The maximum Gasteiger partial charge on any atom is 0.490 e. The van der Waals surface area contributed by atoms with Crippen LogP contribution in [0.25, 0.3) is 0 Å². The van der Waals surface area contributed by atoms with Gasteiger partial charge >= 0.3 is 30.5 Å². The zero-order valence-electron chi connectivity index (χ0n) is 12.8. The first-order valence-electron chi connectivity index (χ1n) is 6.30. The van der Waals surface area contributed by atoms with Crippen molar-refractivity contribution < 1.29 is 64.4 Å². The molecule has 0 saturated heterocycles. The summed E-state index contributed by atoms with van der Waals surface area (Å²) in [5.74, 6) is -5.51. The minimum atomic E-state index is -5.08. The van der Waals surface area contributed by atoms with Gasteiger partial charge in [0.1, 0.15) is 0 Å². The average Bonchev–Trinajstić information content (AvgIpc) is 2.46. The Morgan fingerprint density at radius 3 is 1.37 bits per heavy atom. The Hall–Kier alpha value is -2.51. The maximum absolute atomic E-state index is 12.3. The van der Waals surface area contributed by atoms with Crippen LogP contribution in [-0.2, 0) is 22.2 Å². The van der Waals surface area contributed by atoms with Crippen LogP contribution in [0.4, 0.5) is 39.5 Å². The fraction of sp³-hybridized carbons (Fsp3) is 0.385. The monoisotopic (exact) mass is 418 g/mol. The molecular weight excluding hydrogens is 407 g/mol. The number of carbonyl (C=O) groups is 2. The molecule has 0 aliphatic rings. The molecule has 0 aromatic heterocycles. The fourth-order valence-corrected chi connectivity index (χ4v) is 1.14. The van der Waals surface area contributed by atoms with Gasteiger partial charge in [0.05, 0.1) is 5.56 Å². The number of halogens is 9. The van der Waals surface area contributed by atoms with Gasteiger partial charge in [0.2, 0.25) is 0 Å². The van der Waals surface area contributed by atoms with Gasteiger partial charge in [-0.3, -0.25) is 0 Å². The molecule has 3 N–H and O–H groups in total. The number of hydrogen-bond donors (Lipinski definition) is 3. The molecule has 0 unspecified atom stereocenters. The van der Waals surface area contributed by atoms with Crippen molar-refractivity contribution in [1.82, 2.24) is 0 Å². The minimum absolute atomic E-state index is 0.0374.